The highest BCUT2D eigenvalue weighted by atomic mass is 31.2. The van der Waals surface area contributed by atoms with E-state index in [1.807, 2.05) is 0 Å². The van der Waals surface area contributed by atoms with Crippen molar-refractivity contribution < 1.29 is 80.2 Å². The van der Waals surface area contributed by atoms with Crippen LogP contribution in [0.1, 0.15) is 349 Å². The van der Waals surface area contributed by atoms with Crippen molar-refractivity contribution in [3.05, 3.63) is 97.2 Å². The third-order valence-corrected chi connectivity index (χ3v) is 18.9. The number of aliphatic hydroxyl groups is 1. The van der Waals surface area contributed by atoms with Crippen LogP contribution in [-0.4, -0.2) is 96.7 Å². The Labute approximate surface area is 620 Å². The van der Waals surface area contributed by atoms with Crippen LogP contribution in [0.3, 0.4) is 0 Å². The van der Waals surface area contributed by atoms with Gasteiger partial charge >= 0.3 is 39.5 Å². The second-order valence-corrected chi connectivity index (χ2v) is 29.9. The van der Waals surface area contributed by atoms with Crippen LogP contribution in [0.2, 0.25) is 0 Å². The van der Waals surface area contributed by atoms with Crippen LogP contribution in [0, 0.1) is 0 Å². The number of carbonyl (C=O) groups is 4. The Hall–Kier alpha value is -4.02. The van der Waals surface area contributed by atoms with Crippen molar-refractivity contribution in [1.29, 1.82) is 0 Å². The normalized spacial score (nSPS) is 14.4. The van der Waals surface area contributed by atoms with Gasteiger partial charge in [0.05, 0.1) is 26.4 Å². The van der Waals surface area contributed by atoms with Gasteiger partial charge in [0.25, 0.3) is 0 Å². The molecule has 0 spiro atoms. The molecule has 0 aliphatic rings. The van der Waals surface area contributed by atoms with Crippen LogP contribution in [0.5, 0.6) is 0 Å². The highest BCUT2D eigenvalue weighted by molar-refractivity contribution is 7.47. The number of hydrogen-bond acceptors (Lipinski definition) is 15. The third-order valence-electron chi connectivity index (χ3n) is 17.0. The molecule has 5 unspecified atom stereocenters. The van der Waals surface area contributed by atoms with Gasteiger partial charge in [0.1, 0.15) is 19.3 Å². The lowest BCUT2D eigenvalue weighted by Crippen LogP contribution is -2.30. The molecule has 0 aromatic heterocycles. The van der Waals surface area contributed by atoms with Gasteiger partial charge in [-0.15, -0.1) is 0 Å². The van der Waals surface area contributed by atoms with Crippen molar-refractivity contribution in [2.24, 2.45) is 0 Å². The summed E-state index contributed by atoms with van der Waals surface area (Å²) in [6.07, 6.45) is 79.5. The predicted molar refractivity (Wildman–Crippen MR) is 418 cm³/mol. The molecule has 590 valence electrons. The van der Waals surface area contributed by atoms with Crippen molar-refractivity contribution in [2.45, 2.75) is 367 Å². The SMILES string of the molecule is CC/C=C\C/C=C\C/C=C\C/C=C\CCCCCCCCC(=O)OCC(COP(=O)(O)OCC(O)COP(=O)(O)OCC(COC(=O)CCCCCCC/C=C\CCCCCC)OC(=O)CCCCCCCCCCCCC)OC(=O)CCCCCCCC/C=C\C/C=C\C/C=C\CCCCC. The second kappa shape index (κ2) is 75.2. The van der Waals surface area contributed by atoms with Gasteiger partial charge in [-0.2, -0.15) is 0 Å². The fourth-order valence-electron chi connectivity index (χ4n) is 10.9. The first-order valence-corrected chi connectivity index (χ1v) is 43.5. The summed E-state index contributed by atoms with van der Waals surface area (Å²) in [5.74, 6) is -2.19. The topological polar surface area (TPSA) is 237 Å². The van der Waals surface area contributed by atoms with E-state index >= 15 is 0 Å². The summed E-state index contributed by atoms with van der Waals surface area (Å²) in [4.78, 5) is 73.0. The fraction of sp³-hybridized carbons (Fsp3) is 0.759. The maximum Gasteiger partial charge on any atom is 0.472 e. The van der Waals surface area contributed by atoms with Crippen LogP contribution in [-0.2, 0) is 65.4 Å². The van der Waals surface area contributed by atoms with Crippen LogP contribution in [0.4, 0.5) is 0 Å². The summed E-state index contributed by atoms with van der Waals surface area (Å²) in [5, 5.41) is 10.6. The summed E-state index contributed by atoms with van der Waals surface area (Å²) >= 11 is 0. The van der Waals surface area contributed by atoms with Crippen molar-refractivity contribution in [2.75, 3.05) is 39.6 Å². The Kier molecular flexibility index (Phi) is 72.3. The number of ether oxygens (including phenoxy) is 4. The largest absolute Gasteiger partial charge is 0.472 e. The zero-order valence-corrected chi connectivity index (χ0v) is 66.3. The van der Waals surface area contributed by atoms with Crippen LogP contribution >= 0.6 is 15.6 Å². The summed E-state index contributed by atoms with van der Waals surface area (Å²) < 4.78 is 68.6. The van der Waals surface area contributed by atoms with E-state index in [4.69, 9.17) is 37.0 Å². The Balaban J connectivity index is 5.35. The number of carbonyl (C=O) groups excluding carboxylic acids is 4. The van der Waals surface area contributed by atoms with Gasteiger partial charge in [0, 0.05) is 25.7 Å². The van der Waals surface area contributed by atoms with Crippen molar-refractivity contribution in [1.82, 2.24) is 0 Å². The summed E-state index contributed by atoms with van der Waals surface area (Å²) in [5.41, 5.74) is 0. The van der Waals surface area contributed by atoms with E-state index in [1.165, 1.54) is 83.5 Å². The first-order valence-electron chi connectivity index (χ1n) is 40.5. The van der Waals surface area contributed by atoms with E-state index in [-0.39, 0.29) is 25.7 Å². The molecular formula is C83H146O17P2. The van der Waals surface area contributed by atoms with E-state index < -0.39 is 97.5 Å². The molecule has 0 fully saturated rings. The van der Waals surface area contributed by atoms with E-state index in [2.05, 4.69) is 125 Å². The Morgan fingerprint density at radius 1 is 0.284 bits per heavy atom. The minimum absolute atomic E-state index is 0.0770. The molecule has 0 aliphatic carbocycles. The van der Waals surface area contributed by atoms with Gasteiger partial charge in [-0.1, -0.05) is 292 Å². The summed E-state index contributed by atoms with van der Waals surface area (Å²) in [6.45, 7) is 4.72. The zero-order valence-electron chi connectivity index (χ0n) is 64.5. The molecule has 19 heteroatoms. The minimum Gasteiger partial charge on any atom is -0.462 e. The van der Waals surface area contributed by atoms with Crippen molar-refractivity contribution >= 4 is 39.5 Å². The second-order valence-electron chi connectivity index (χ2n) is 27.0. The van der Waals surface area contributed by atoms with E-state index in [0.717, 1.165) is 186 Å². The number of aliphatic hydroxyl groups excluding tert-OH is 1. The lowest BCUT2D eigenvalue weighted by atomic mass is 10.1. The molecule has 0 aromatic rings. The van der Waals surface area contributed by atoms with Crippen LogP contribution in [0.15, 0.2) is 97.2 Å². The lowest BCUT2D eigenvalue weighted by molar-refractivity contribution is -0.161. The smallest absolute Gasteiger partial charge is 0.462 e. The van der Waals surface area contributed by atoms with Crippen molar-refractivity contribution in [3.63, 3.8) is 0 Å². The maximum absolute atomic E-state index is 13.1. The predicted octanol–water partition coefficient (Wildman–Crippen LogP) is 23.6. The fourth-order valence-corrected chi connectivity index (χ4v) is 12.4. The number of phosphoric acid groups is 2. The maximum atomic E-state index is 13.1. The highest BCUT2D eigenvalue weighted by Gasteiger charge is 2.30. The molecule has 0 heterocycles. The molecule has 0 radical (unpaired) electrons. The van der Waals surface area contributed by atoms with E-state index in [1.54, 1.807) is 0 Å². The quantitative estimate of drug-likeness (QED) is 0.0169. The molecule has 0 saturated carbocycles. The molecule has 0 amide bonds. The Bertz CT molecular complexity index is 2310. The lowest BCUT2D eigenvalue weighted by Gasteiger charge is -2.21. The molecule has 102 heavy (non-hydrogen) atoms. The number of rotatable bonds is 76. The van der Waals surface area contributed by atoms with Gasteiger partial charge in [0.15, 0.2) is 12.2 Å². The van der Waals surface area contributed by atoms with Gasteiger partial charge < -0.3 is 33.8 Å². The van der Waals surface area contributed by atoms with Gasteiger partial charge in [0.2, 0.25) is 0 Å². The molecule has 0 bridgehead atoms. The third kappa shape index (κ3) is 74.3. The molecule has 3 N–H and O–H groups in total. The first-order chi connectivity index (χ1) is 49.7. The Morgan fingerprint density at radius 2 is 0.510 bits per heavy atom. The number of phosphoric ester groups is 2. The Morgan fingerprint density at radius 3 is 0.824 bits per heavy atom. The van der Waals surface area contributed by atoms with E-state index in [0.29, 0.717) is 25.7 Å². The van der Waals surface area contributed by atoms with Crippen molar-refractivity contribution in [3.8, 4) is 0 Å². The number of hydrogen-bond donors (Lipinski definition) is 3. The van der Waals surface area contributed by atoms with Gasteiger partial charge in [-0.05, 0) is 128 Å². The van der Waals surface area contributed by atoms with Gasteiger partial charge in [-0.25, -0.2) is 9.13 Å². The number of esters is 4. The molecule has 0 aromatic carbocycles. The molecular weight excluding hydrogens is 1330 g/mol. The summed E-state index contributed by atoms with van der Waals surface area (Å²) in [7, 11) is -9.96. The highest BCUT2D eigenvalue weighted by Crippen LogP contribution is 2.45. The van der Waals surface area contributed by atoms with Crippen LogP contribution < -0.4 is 0 Å². The molecule has 0 rings (SSSR count). The first kappa shape index (κ1) is 98.0. The molecule has 17 nitrogen and oxygen atoms in total. The molecule has 0 saturated heterocycles. The molecule has 5 atom stereocenters. The summed E-state index contributed by atoms with van der Waals surface area (Å²) in [6, 6.07) is 0. The van der Waals surface area contributed by atoms with Crippen LogP contribution in [0.25, 0.3) is 0 Å². The monoisotopic (exact) mass is 1480 g/mol. The average Bonchev–Trinajstić information content (AvgIpc) is 0.940. The zero-order chi connectivity index (χ0) is 74.6. The van der Waals surface area contributed by atoms with E-state index in [9.17, 15) is 43.2 Å². The average molecular weight is 1480 g/mol. The van der Waals surface area contributed by atoms with Gasteiger partial charge in [-0.3, -0.25) is 37.3 Å². The minimum atomic E-state index is -4.98. The number of allylic oxidation sites excluding steroid dienone is 16. The number of unbranched alkanes of at least 4 members (excludes halogenated alkanes) is 34. The molecule has 0 aliphatic heterocycles. The standard InChI is InChI=1S/C83H146O17P2/c1-5-9-13-17-21-25-29-32-34-36-38-40-42-45-49-52-56-60-64-68-81(86)94-74-79(100-83(88)70-66-62-58-54-50-46-43-41-39-37-35-33-30-26-22-18-14-10-6-2)76-98-102(91,92)96-72-77(84)71-95-101(89,90)97-75-78(99-82(87)69-65-61-57-53-47-28-24-20-16-12-8-4)73-93-80(85)67-63-59-55-51-48-44-31-27-23-19-15-11-7-3/h9,13,21-22,25-27,31-35,38-41,77-79,84H,5-8,10-12,14-20,23-24,28-30,36-37,42-76H2,1-4H3,(H,89,90)(H,91,92)/b13-9-,25-21-,26-22-,31-27-,34-32-,35-33-,40-38-,41-39-.